The lowest BCUT2D eigenvalue weighted by atomic mass is 9.70. The summed E-state index contributed by atoms with van der Waals surface area (Å²) in [4.78, 5) is 10.8. The number of nitrogens with two attached hydrogens (primary N) is 1. The minimum absolute atomic E-state index is 0.00763. The van der Waals surface area contributed by atoms with E-state index in [-0.39, 0.29) is 16.0 Å². The summed E-state index contributed by atoms with van der Waals surface area (Å²) in [5.41, 5.74) is 6.82. The molecule has 19 heavy (non-hydrogen) atoms. The zero-order valence-electron chi connectivity index (χ0n) is 10.9. The fourth-order valence-electron chi connectivity index (χ4n) is 3.03. The standard InChI is InChI=1S/C14H19ClN2O2/c15-12-4-5-13(17(18)19)11(8-12)9-14(10-16)6-2-1-3-7-14/h4-5,8H,1-3,6-7,9-10,16H2. The molecule has 0 unspecified atom stereocenters. The Morgan fingerprint density at radius 3 is 2.58 bits per heavy atom. The molecule has 2 N–H and O–H groups in total. The Kier molecular flexibility index (Phi) is 4.42. The van der Waals surface area contributed by atoms with Crippen molar-refractivity contribution in [1.29, 1.82) is 0 Å². The molecule has 0 bridgehead atoms. The third-order valence-electron chi connectivity index (χ3n) is 4.15. The van der Waals surface area contributed by atoms with Crippen molar-refractivity contribution in [2.24, 2.45) is 11.1 Å². The van der Waals surface area contributed by atoms with Gasteiger partial charge in [0.1, 0.15) is 0 Å². The highest BCUT2D eigenvalue weighted by Gasteiger charge is 2.33. The summed E-state index contributed by atoms with van der Waals surface area (Å²) in [7, 11) is 0. The van der Waals surface area contributed by atoms with Crippen molar-refractivity contribution in [3.63, 3.8) is 0 Å². The van der Waals surface area contributed by atoms with Gasteiger partial charge in [-0.1, -0.05) is 30.9 Å². The predicted molar refractivity (Wildman–Crippen MR) is 76.4 cm³/mol. The van der Waals surface area contributed by atoms with Crippen molar-refractivity contribution < 1.29 is 4.92 Å². The Balaban J connectivity index is 2.30. The van der Waals surface area contributed by atoms with Gasteiger partial charge in [-0.15, -0.1) is 0 Å². The number of rotatable bonds is 4. The summed E-state index contributed by atoms with van der Waals surface area (Å²) in [6, 6.07) is 4.77. The molecule has 0 aliphatic heterocycles. The fraction of sp³-hybridized carbons (Fsp3) is 0.571. The van der Waals surface area contributed by atoms with E-state index in [9.17, 15) is 10.1 Å². The molecule has 0 saturated heterocycles. The third kappa shape index (κ3) is 3.25. The fourth-order valence-corrected chi connectivity index (χ4v) is 3.23. The van der Waals surface area contributed by atoms with Gasteiger partial charge in [-0.05, 0) is 43.4 Å². The predicted octanol–water partition coefficient (Wildman–Crippen LogP) is 3.70. The topological polar surface area (TPSA) is 69.2 Å². The third-order valence-corrected chi connectivity index (χ3v) is 4.39. The lowest BCUT2D eigenvalue weighted by Crippen LogP contribution is -2.35. The van der Waals surface area contributed by atoms with Crippen LogP contribution in [0.3, 0.4) is 0 Å². The molecule has 0 atom stereocenters. The van der Waals surface area contributed by atoms with Crippen LogP contribution in [0.25, 0.3) is 0 Å². The molecule has 5 heteroatoms. The minimum Gasteiger partial charge on any atom is -0.330 e. The molecular weight excluding hydrogens is 264 g/mol. The lowest BCUT2D eigenvalue weighted by molar-refractivity contribution is -0.385. The molecule has 4 nitrogen and oxygen atoms in total. The van der Waals surface area contributed by atoms with Gasteiger partial charge in [0, 0.05) is 16.7 Å². The SMILES string of the molecule is NCC1(Cc2cc(Cl)ccc2[N+](=O)[O-])CCCCC1. The number of benzene rings is 1. The minimum atomic E-state index is -0.335. The maximum atomic E-state index is 11.1. The van der Waals surface area contributed by atoms with Gasteiger partial charge in [0.15, 0.2) is 0 Å². The zero-order chi connectivity index (χ0) is 13.9. The van der Waals surface area contributed by atoms with Crippen LogP contribution in [0.4, 0.5) is 5.69 Å². The molecule has 0 radical (unpaired) electrons. The highest BCUT2D eigenvalue weighted by atomic mass is 35.5. The summed E-state index contributed by atoms with van der Waals surface area (Å²) >= 11 is 5.97. The van der Waals surface area contributed by atoms with Crippen molar-refractivity contribution in [2.75, 3.05) is 6.54 Å². The van der Waals surface area contributed by atoms with E-state index in [0.717, 1.165) is 25.7 Å². The number of nitro benzene ring substituents is 1. The Labute approximate surface area is 118 Å². The van der Waals surface area contributed by atoms with E-state index in [2.05, 4.69) is 0 Å². The van der Waals surface area contributed by atoms with Gasteiger partial charge < -0.3 is 5.73 Å². The van der Waals surface area contributed by atoms with E-state index in [1.165, 1.54) is 12.5 Å². The van der Waals surface area contributed by atoms with Gasteiger partial charge in [0.2, 0.25) is 0 Å². The Morgan fingerprint density at radius 2 is 2.00 bits per heavy atom. The van der Waals surface area contributed by atoms with Crippen molar-refractivity contribution in [3.05, 3.63) is 38.9 Å². The molecule has 1 aromatic carbocycles. The second-order valence-corrected chi connectivity index (χ2v) is 5.91. The molecule has 2 rings (SSSR count). The maximum absolute atomic E-state index is 11.1. The normalized spacial score (nSPS) is 18.2. The van der Waals surface area contributed by atoms with Gasteiger partial charge >= 0.3 is 0 Å². The van der Waals surface area contributed by atoms with Gasteiger partial charge in [0.25, 0.3) is 5.69 Å². The number of hydrogen-bond donors (Lipinski definition) is 1. The Morgan fingerprint density at radius 1 is 1.32 bits per heavy atom. The van der Waals surface area contributed by atoms with Crippen molar-refractivity contribution in [3.8, 4) is 0 Å². The summed E-state index contributed by atoms with van der Waals surface area (Å²) in [6.45, 7) is 0.580. The highest BCUT2D eigenvalue weighted by Crippen LogP contribution is 2.40. The molecule has 1 aliphatic rings. The van der Waals surface area contributed by atoms with Crippen LogP contribution in [-0.2, 0) is 6.42 Å². The molecule has 1 saturated carbocycles. The molecule has 1 aromatic rings. The summed E-state index contributed by atoms with van der Waals surface area (Å²) in [6.07, 6.45) is 6.30. The molecule has 0 heterocycles. The first kappa shape index (κ1) is 14.3. The lowest BCUT2D eigenvalue weighted by Gasteiger charge is -2.36. The molecule has 104 valence electrons. The van der Waals surface area contributed by atoms with Gasteiger partial charge in [-0.3, -0.25) is 10.1 Å². The smallest absolute Gasteiger partial charge is 0.272 e. The van der Waals surface area contributed by atoms with E-state index >= 15 is 0 Å². The molecule has 0 amide bonds. The average Bonchev–Trinajstić information content (AvgIpc) is 2.39. The van der Waals surface area contributed by atoms with Gasteiger partial charge in [-0.25, -0.2) is 0 Å². The van der Waals surface area contributed by atoms with E-state index < -0.39 is 0 Å². The van der Waals surface area contributed by atoms with Gasteiger partial charge in [0.05, 0.1) is 4.92 Å². The Bertz CT molecular complexity index is 471. The second kappa shape index (κ2) is 5.88. The first-order valence-corrected chi connectivity index (χ1v) is 7.07. The summed E-state index contributed by atoms with van der Waals surface area (Å²) < 4.78 is 0. The first-order valence-electron chi connectivity index (χ1n) is 6.69. The van der Waals surface area contributed by atoms with Crippen LogP contribution in [0.15, 0.2) is 18.2 Å². The maximum Gasteiger partial charge on any atom is 0.272 e. The van der Waals surface area contributed by atoms with E-state index in [4.69, 9.17) is 17.3 Å². The number of nitro groups is 1. The number of hydrogen-bond acceptors (Lipinski definition) is 3. The molecular formula is C14H19ClN2O2. The first-order chi connectivity index (χ1) is 9.06. The van der Waals surface area contributed by atoms with Crippen molar-refractivity contribution >= 4 is 17.3 Å². The molecule has 0 aromatic heterocycles. The van der Waals surface area contributed by atoms with Crippen molar-refractivity contribution in [2.45, 2.75) is 38.5 Å². The van der Waals surface area contributed by atoms with Crippen LogP contribution in [0.1, 0.15) is 37.7 Å². The van der Waals surface area contributed by atoms with Crippen LogP contribution in [-0.4, -0.2) is 11.5 Å². The molecule has 1 fully saturated rings. The summed E-state index contributed by atoms with van der Waals surface area (Å²) in [5.74, 6) is 0. The monoisotopic (exact) mass is 282 g/mol. The van der Waals surface area contributed by atoms with E-state index in [1.54, 1.807) is 12.1 Å². The van der Waals surface area contributed by atoms with Crippen LogP contribution in [0.2, 0.25) is 5.02 Å². The quantitative estimate of drug-likeness (QED) is 0.676. The van der Waals surface area contributed by atoms with E-state index in [0.29, 0.717) is 23.6 Å². The summed E-state index contributed by atoms with van der Waals surface area (Å²) in [5, 5.41) is 11.6. The Hall–Kier alpha value is -1.13. The van der Waals surface area contributed by atoms with E-state index in [1.807, 2.05) is 0 Å². The van der Waals surface area contributed by atoms with Crippen LogP contribution >= 0.6 is 11.6 Å². The second-order valence-electron chi connectivity index (χ2n) is 5.47. The largest absolute Gasteiger partial charge is 0.330 e. The van der Waals surface area contributed by atoms with Gasteiger partial charge in [-0.2, -0.15) is 0 Å². The van der Waals surface area contributed by atoms with Crippen LogP contribution in [0, 0.1) is 15.5 Å². The molecule has 0 spiro atoms. The van der Waals surface area contributed by atoms with Crippen molar-refractivity contribution in [1.82, 2.24) is 0 Å². The van der Waals surface area contributed by atoms with Crippen LogP contribution in [0.5, 0.6) is 0 Å². The highest BCUT2D eigenvalue weighted by molar-refractivity contribution is 6.30. The zero-order valence-corrected chi connectivity index (χ0v) is 11.7. The molecule has 1 aliphatic carbocycles. The average molecular weight is 283 g/mol. The number of halogens is 1. The number of nitrogens with zero attached hydrogens (tertiary/aromatic N) is 1. The van der Waals surface area contributed by atoms with Crippen LogP contribution < -0.4 is 5.73 Å².